The number of carboxylic acid groups (broad SMARTS) is 1. The smallest absolute Gasteiger partial charge is 0.405 e. The second kappa shape index (κ2) is 4.72. The molecule has 2 N–H and O–H groups in total. The van der Waals surface area contributed by atoms with E-state index in [9.17, 15) is 9.59 Å². The van der Waals surface area contributed by atoms with Crippen molar-refractivity contribution in [2.24, 2.45) is 5.41 Å². The lowest BCUT2D eigenvalue weighted by Gasteiger charge is -2.32. The van der Waals surface area contributed by atoms with Gasteiger partial charge in [-0.2, -0.15) is 0 Å². The quantitative estimate of drug-likeness (QED) is 0.748. The minimum Gasteiger partial charge on any atom is -0.465 e. The molecule has 1 saturated heterocycles. The van der Waals surface area contributed by atoms with Crippen molar-refractivity contribution in [2.75, 3.05) is 13.1 Å². The highest BCUT2D eigenvalue weighted by atomic mass is 16.4. The monoisotopic (exact) mass is 228 g/mol. The summed E-state index contributed by atoms with van der Waals surface area (Å²) in [5.41, 5.74) is -0.405. The van der Waals surface area contributed by atoms with Crippen LogP contribution in [-0.4, -0.2) is 41.1 Å². The van der Waals surface area contributed by atoms with Crippen LogP contribution in [0.3, 0.4) is 0 Å². The number of hydrogen-bond donors (Lipinski definition) is 2. The maximum atomic E-state index is 12.1. The van der Waals surface area contributed by atoms with Gasteiger partial charge in [-0.3, -0.25) is 4.79 Å². The summed E-state index contributed by atoms with van der Waals surface area (Å²) in [6, 6.07) is -0.664. The molecule has 1 aliphatic rings. The first-order valence-electron chi connectivity index (χ1n) is 5.60. The van der Waals surface area contributed by atoms with E-state index in [0.717, 1.165) is 25.9 Å². The van der Waals surface area contributed by atoms with Crippen LogP contribution in [0, 0.1) is 5.41 Å². The number of hydrogen-bond acceptors (Lipinski definition) is 2. The average molecular weight is 228 g/mol. The van der Waals surface area contributed by atoms with E-state index in [1.54, 1.807) is 4.90 Å². The second-order valence-corrected chi connectivity index (χ2v) is 5.28. The summed E-state index contributed by atoms with van der Waals surface area (Å²) < 4.78 is 0. The highest BCUT2D eigenvalue weighted by molar-refractivity contribution is 5.86. The third-order valence-corrected chi connectivity index (χ3v) is 2.80. The molecular formula is C11H20N2O3. The van der Waals surface area contributed by atoms with Crippen LogP contribution in [0.15, 0.2) is 0 Å². The van der Waals surface area contributed by atoms with Gasteiger partial charge in [0.05, 0.1) is 0 Å². The minimum atomic E-state index is -1.15. The third kappa shape index (κ3) is 3.12. The maximum Gasteiger partial charge on any atom is 0.405 e. The van der Waals surface area contributed by atoms with Gasteiger partial charge in [0, 0.05) is 13.1 Å². The molecule has 1 aliphatic heterocycles. The van der Waals surface area contributed by atoms with Crippen molar-refractivity contribution in [3.05, 3.63) is 0 Å². The summed E-state index contributed by atoms with van der Waals surface area (Å²) in [6.07, 6.45) is 0.873. The molecule has 0 bridgehead atoms. The van der Waals surface area contributed by atoms with Crippen LogP contribution in [0.4, 0.5) is 4.79 Å². The molecule has 2 amide bonds. The molecule has 0 saturated carbocycles. The van der Waals surface area contributed by atoms with Crippen molar-refractivity contribution < 1.29 is 14.7 Å². The molecule has 1 fully saturated rings. The lowest BCUT2D eigenvalue weighted by molar-refractivity contribution is -0.134. The molecule has 1 heterocycles. The van der Waals surface area contributed by atoms with Gasteiger partial charge in [0.2, 0.25) is 5.91 Å². The fraction of sp³-hybridized carbons (Fsp3) is 0.818. The van der Waals surface area contributed by atoms with E-state index in [-0.39, 0.29) is 5.91 Å². The number of likely N-dealkylation sites (tertiary alicyclic amines) is 1. The van der Waals surface area contributed by atoms with E-state index in [2.05, 4.69) is 5.32 Å². The van der Waals surface area contributed by atoms with E-state index in [0.29, 0.717) is 0 Å². The lowest BCUT2D eigenvalue weighted by Crippen LogP contribution is -2.53. The largest absolute Gasteiger partial charge is 0.465 e. The Morgan fingerprint density at radius 3 is 2.12 bits per heavy atom. The van der Waals surface area contributed by atoms with E-state index in [1.165, 1.54) is 0 Å². The fourth-order valence-corrected chi connectivity index (χ4v) is 1.89. The Morgan fingerprint density at radius 1 is 1.25 bits per heavy atom. The van der Waals surface area contributed by atoms with Crippen LogP contribution < -0.4 is 5.32 Å². The number of nitrogens with one attached hydrogen (secondary N) is 1. The Bertz CT molecular complexity index is 277. The van der Waals surface area contributed by atoms with Crippen molar-refractivity contribution in [3.8, 4) is 0 Å². The molecule has 1 rings (SSSR count). The zero-order valence-corrected chi connectivity index (χ0v) is 10.1. The van der Waals surface area contributed by atoms with E-state index < -0.39 is 17.6 Å². The zero-order chi connectivity index (χ0) is 12.3. The molecule has 0 aromatic rings. The molecule has 1 atom stereocenters. The van der Waals surface area contributed by atoms with Gasteiger partial charge in [-0.05, 0) is 18.3 Å². The first-order chi connectivity index (χ1) is 7.32. The molecule has 0 aliphatic carbocycles. The molecule has 0 radical (unpaired) electrons. The highest BCUT2D eigenvalue weighted by Gasteiger charge is 2.36. The van der Waals surface area contributed by atoms with Gasteiger partial charge in [-0.15, -0.1) is 0 Å². The van der Waals surface area contributed by atoms with Crippen LogP contribution in [0.1, 0.15) is 33.6 Å². The van der Waals surface area contributed by atoms with Crippen molar-refractivity contribution in [1.29, 1.82) is 0 Å². The Labute approximate surface area is 95.8 Å². The molecule has 0 spiro atoms. The molecular weight excluding hydrogens is 208 g/mol. The standard InChI is InChI=1S/C11H20N2O3/c1-11(2,3)8(12-10(15)16)9(14)13-6-4-5-7-13/h8,12H,4-7H2,1-3H3,(H,15,16)/t8-/m1/s1. The number of amides is 2. The van der Waals surface area contributed by atoms with E-state index in [4.69, 9.17) is 5.11 Å². The van der Waals surface area contributed by atoms with Gasteiger partial charge in [-0.1, -0.05) is 20.8 Å². The van der Waals surface area contributed by atoms with E-state index in [1.807, 2.05) is 20.8 Å². The summed E-state index contributed by atoms with van der Waals surface area (Å²) in [7, 11) is 0. The van der Waals surface area contributed by atoms with Gasteiger partial charge < -0.3 is 15.3 Å². The van der Waals surface area contributed by atoms with Crippen LogP contribution in [0.25, 0.3) is 0 Å². The van der Waals surface area contributed by atoms with Crippen molar-refractivity contribution in [2.45, 2.75) is 39.7 Å². The molecule has 0 unspecified atom stereocenters. The van der Waals surface area contributed by atoms with Crippen LogP contribution in [0.2, 0.25) is 0 Å². The second-order valence-electron chi connectivity index (χ2n) is 5.28. The molecule has 0 aromatic carbocycles. The van der Waals surface area contributed by atoms with Crippen molar-refractivity contribution in [1.82, 2.24) is 10.2 Å². The van der Waals surface area contributed by atoms with Gasteiger partial charge in [0.15, 0.2) is 0 Å². The summed E-state index contributed by atoms with van der Waals surface area (Å²) in [4.78, 5) is 24.6. The summed E-state index contributed by atoms with van der Waals surface area (Å²) in [5, 5.41) is 11.1. The Balaban J connectivity index is 2.75. The van der Waals surface area contributed by atoms with Gasteiger partial charge >= 0.3 is 6.09 Å². The number of rotatable bonds is 2. The fourth-order valence-electron chi connectivity index (χ4n) is 1.89. The lowest BCUT2D eigenvalue weighted by atomic mass is 9.86. The van der Waals surface area contributed by atoms with Crippen LogP contribution in [0.5, 0.6) is 0 Å². The first kappa shape index (κ1) is 12.8. The van der Waals surface area contributed by atoms with Crippen LogP contribution in [-0.2, 0) is 4.79 Å². The van der Waals surface area contributed by atoms with Gasteiger partial charge in [-0.25, -0.2) is 4.79 Å². The highest BCUT2D eigenvalue weighted by Crippen LogP contribution is 2.22. The zero-order valence-electron chi connectivity index (χ0n) is 10.1. The molecule has 16 heavy (non-hydrogen) atoms. The number of carbonyl (C=O) groups excluding carboxylic acids is 1. The molecule has 5 nitrogen and oxygen atoms in total. The Kier molecular flexibility index (Phi) is 3.78. The normalized spacial score (nSPS) is 18.3. The van der Waals surface area contributed by atoms with Crippen molar-refractivity contribution in [3.63, 3.8) is 0 Å². The summed E-state index contributed by atoms with van der Waals surface area (Å²) >= 11 is 0. The molecule has 5 heteroatoms. The average Bonchev–Trinajstić information content (AvgIpc) is 2.63. The summed E-state index contributed by atoms with van der Waals surface area (Å²) in [6.45, 7) is 7.07. The topological polar surface area (TPSA) is 69.6 Å². The number of carbonyl (C=O) groups is 2. The molecule has 0 aromatic heterocycles. The Morgan fingerprint density at radius 2 is 1.75 bits per heavy atom. The van der Waals surface area contributed by atoms with Gasteiger partial charge in [0.1, 0.15) is 6.04 Å². The van der Waals surface area contributed by atoms with Crippen LogP contribution >= 0.6 is 0 Å². The predicted octanol–water partition coefficient (Wildman–Crippen LogP) is 1.29. The summed E-state index contributed by atoms with van der Waals surface area (Å²) in [5.74, 6) is -0.104. The third-order valence-electron chi connectivity index (χ3n) is 2.80. The van der Waals surface area contributed by atoms with E-state index >= 15 is 0 Å². The first-order valence-corrected chi connectivity index (χ1v) is 5.60. The Hall–Kier alpha value is -1.26. The predicted molar refractivity (Wildman–Crippen MR) is 60.2 cm³/mol. The van der Waals surface area contributed by atoms with Crippen molar-refractivity contribution >= 4 is 12.0 Å². The molecule has 92 valence electrons. The SMILES string of the molecule is CC(C)(C)[C@H](NC(=O)O)C(=O)N1CCCC1. The van der Waals surface area contributed by atoms with Gasteiger partial charge in [0.25, 0.3) is 0 Å². The minimum absolute atomic E-state index is 0.104. The number of nitrogens with zero attached hydrogens (tertiary/aromatic N) is 1. The maximum absolute atomic E-state index is 12.1.